The first-order valence-corrected chi connectivity index (χ1v) is 9.36. The third-order valence-electron chi connectivity index (χ3n) is 5.89. The zero-order valence-electron chi connectivity index (χ0n) is 15.2. The van der Waals surface area contributed by atoms with Gasteiger partial charge in [0.15, 0.2) is 11.7 Å². The first-order valence-electron chi connectivity index (χ1n) is 9.36. The molecule has 1 aromatic rings. The predicted octanol–water partition coefficient (Wildman–Crippen LogP) is 0.576. The second-order valence-corrected chi connectivity index (χ2v) is 7.99. The van der Waals surface area contributed by atoms with E-state index in [2.05, 4.69) is 0 Å². The van der Waals surface area contributed by atoms with Crippen LogP contribution in [-0.2, 0) is 19.9 Å². The molecule has 0 aromatic heterocycles. The minimum atomic E-state index is -1.64. The normalized spacial score (nSPS) is 28.6. The van der Waals surface area contributed by atoms with Gasteiger partial charge in [-0.1, -0.05) is 43.2 Å². The number of carbonyl (C=O) groups excluding carboxylic acids is 2. The van der Waals surface area contributed by atoms with E-state index in [0.717, 1.165) is 25.7 Å². The molecule has 1 N–H and O–H groups in total. The number of hydrogen-bond donors (Lipinski definition) is 1. The first-order chi connectivity index (χ1) is 12.3. The highest BCUT2D eigenvalue weighted by atomic mass is 16.6. The molecule has 1 saturated heterocycles. The molecule has 142 valence electrons. The number of quaternary nitrogens is 1. The number of ether oxygens (including phenoxy) is 1. The molecule has 6 heteroatoms. The number of benzene rings is 1. The summed E-state index contributed by atoms with van der Waals surface area (Å²) < 4.78 is 5.99. The smallest absolute Gasteiger partial charge is 0.343 e. The molecule has 0 amide bonds. The molecule has 2 fully saturated rings. The molecule has 0 spiro atoms. The van der Waals surface area contributed by atoms with Gasteiger partial charge >= 0.3 is 5.97 Å². The molecule has 1 aromatic carbocycles. The van der Waals surface area contributed by atoms with Crippen LogP contribution in [0.15, 0.2) is 30.3 Å². The molecule has 1 unspecified atom stereocenters. The second kappa shape index (κ2) is 7.37. The number of nitrogens with zero attached hydrogens (tertiary/aromatic N) is 1. The number of carboxylic acid groups (broad SMARTS) is 1. The van der Waals surface area contributed by atoms with Crippen LogP contribution in [0.2, 0.25) is 0 Å². The number of aliphatic carboxylic acids is 1. The average molecular weight is 361 g/mol. The third kappa shape index (κ3) is 3.76. The van der Waals surface area contributed by atoms with Crippen LogP contribution in [0, 0.1) is 5.92 Å². The zero-order valence-corrected chi connectivity index (χ0v) is 15.2. The lowest BCUT2D eigenvalue weighted by Crippen LogP contribution is -2.51. The molecular formula is C20H27NO5. The van der Waals surface area contributed by atoms with E-state index < -0.39 is 17.5 Å². The lowest BCUT2D eigenvalue weighted by atomic mass is 9.80. The summed E-state index contributed by atoms with van der Waals surface area (Å²) in [4.78, 5) is 24.0. The number of likely N-dealkylation sites (N-methyl/N-ethyl adjacent to an activating group) is 1. The fraction of sp³-hybridized carbons (Fsp3) is 0.600. The minimum Gasteiger partial charge on any atom is -0.544 e. The van der Waals surface area contributed by atoms with Crippen molar-refractivity contribution in [2.75, 3.05) is 26.7 Å². The van der Waals surface area contributed by atoms with Crippen molar-refractivity contribution >= 4 is 11.9 Å². The topological polar surface area (TPSA) is 86.7 Å². The SMILES string of the molecule is C[N+]1(CC(=O)[O-])CC[C@H](OC(=O)[C@@](O)(c2ccccc2)C2CCCC2)C1. The number of aliphatic hydroxyl groups is 1. The number of likely N-dealkylation sites (tertiary alicyclic amines) is 1. The van der Waals surface area contributed by atoms with Crippen molar-refractivity contribution in [2.45, 2.75) is 43.8 Å². The maximum atomic E-state index is 13.0. The summed E-state index contributed by atoms with van der Waals surface area (Å²) in [6.07, 6.45) is 3.79. The maximum absolute atomic E-state index is 13.0. The highest BCUT2D eigenvalue weighted by Gasteiger charge is 2.49. The van der Waals surface area contributed by atoms with E-state index in [4.69, 9.17) is 4.74 Å². The minimum absolute atomic E-state index is 0.0976. The molecule has 2 aliphatic rings. The van der Waals surface area contributed by atoms with Crippen molar-refractivity contribution in [2.24, 2.45) is 5.92 Å². The Morgan fingerprint density at radius 1 is 1.23 bits per heavy atom. The molecular weight excluding hydrogens is 334 g/mol. The van der Waals surface area contributed by atoms with Crippen molar-refractivity contribution in [3.63, 3.8) is 0 Å². The molecule has 0 bridgehead atoms. The Balaban J connectivity index is 1.76. The van der Waals surface area contributed by atoms with E-state index in [1.54, 1.807) is 12.1 Å². The van der Waals surface area contributed by atoms with Gasteiger partial charge in [0.1, 0.15) is 13.1 Å². The van der Waals surface area contributed by atoms with Crippen LogP contribution in [0.25, 0.3) is 0 Å². The van der Waals surface area contributed by atoms with Crippen LogP contribution in [0.1, 0.15) is 37.7 Å². The van der Waals surface area contributed by atoms with Crippen LogP contribution in [0.4, 0.5) is 0 Å². The average Bonchev–Trinajstić information content (AvgIpc) is 3.25. The molecule has 1 aliphatic carbocycles. The molecule has 1 aliphatic heterocycles. The standard InChI is InChI=1S/C20H27NO5/c1-21(14-18(22)23)12-11-17(13-21)26-19(24)20(25,16-9-5-6-10-16)15-7-3-2-4-8-15/h2-4,7-8,16-17,25H,5-6,9-14H2,1H3/t17-,20+,21?/m0/s1. The number of hydrogen-bond acceptors (Lipinski definition) is 5. The van der Waals surface area contributed by atoms with Gasteiger partial charge < -0.3 is 24.2 Å². The van der Waals surface area contributed by atoms with Crippen molar-refractivity contribution in [1.29, 1.82) is 0 Å². The predicted molar refractivity (Wildman–Crippen MR) is 92.6 cm³/mol. The van der Waals surface area contributed by atoms with Crippen LogP contribution in [0.3, 0.4) is 0 Å². The highest BCUT2D eigenvalue weighted by molar-refractivity contribution is 5.81. The van der Waals surface area contributed by atoms with Crippen LogP contribution < -0.4 is 5.11 Å². The van der Waals surface area contributed by atoms with Gasteiger partial charge in [-0.3, -0.25) is 0 Å². The molecule has 0 radical (unpaired) electrons. The number of carbonyl (C=O) groups is 2. The zero-order chi connectivity index (χ0) is 18.8. The number of rotatable bonds is 6. The van der Waals surface area contributed by atoms with Gasteiger partial charge in [0.05, 0.1) is 19.6 Å². The summed E-state index contributed by atoms with van der Waals surface area (Å²) in [7, 11) is 1.82. The van der Waals surface area contributed by atoms with Gasteiger partial charge in [-0.25, -0.2) is 4.79 Å². The number of esters is 1. The summed E-state index contributed by atoms with van der Waals surface area (Å²) in [6, 6.07) is 9.01. The lowest BCUT2D eigenvalue weighted by molar-refractivity contribution is -0.893. The Hall–Kier alpha value is -1.92. The summed E-state index contributed by atoms with van der Waals surface area (Å²) in [5.41, 5.74) is -1.07. The Kier molecular flexibility index (Phi) is 5.34. The monoisotopic (exact) mass is 361 g/mol. The Morgan fingerprint density at radius 3 is 2.50 bits per heavy atom. The fourth-order valence-electron chi connectivity index (χ4n) is 4.48. The van der Waals surface area contributed by atoms with Crippen molar-refractivity contribution in [1.82, 2.24) is 0 Å². The van der Waals surface area contributed by atoms with Gasteiger partial charge in [-0.2, -0.15) is 0 Å². The van der Waals surface area contributed by atoms with E-state index in [1.807, 2.05) is 25.2 Å². The molecule has 3 rings (SSSR count). The molecule has 6 nitrogen and oxygen atoms in total. The quantitative estimate of drug-likeness (QED) is 0.592. The summed E-state index contributed by atoms with van der Waals surface area (Å²) in [5, 5.41) is 22.3. The number of carboxylic acids is 1. The molecule has 1 saturated carbocycles. The van der Waals surface area contributed by atoms with Gasteiger partial charge in [0.25, 0.3) is 0 Å². The third-order valence-corrected chi connectivity index (χ3v) is 5.89. The largest absolute Gasteiger partial charge is 0.544 e. The first kappa shape index (κ1) is 18.9. The van der Waals surface area contributed by atoms with Crippen LogP contribution >= 0.6 is 0 Å². The molecule has 3 atom stereocenters. The summed E-state index contributed by atoms with van der Waals surface area (Å²) in [6.45, 7) is 0.938. The van der Waals surface area contributed by atoms with Crippen molar-refractivity contribution in [3.8, 4) is 0 Å². The second-order valence-electron chi connectivity index (χ2n) is 7.99. The highest BCUT2D eigenvalue weighted by Crippen LogP contribution is 2.42. The van der Waals surface area contributed by atoms with E-state index in [9.17, 15) is 19.8 Å². The maximum Gasteiger partial charge on any atom is 0.343 e. The fourth-order valence-corrected chi connectivity index (χ4v) is 4.48. The van der Waals surface area contributed by atoms with Crippen molar-refractivity contribution in [3.05, 3.63) is 35.9 Å². The Morgan fingerprint density at radius 2 is 1.88 bits per heavy atom. The van der Waals surface area contributed by atoms with E-state index >= 15 is 0 Å². The van der Waals surface area contributed by atoms with Crippen molar-refractivity contribution < 1.29 is 29.0 Å². The Bertz CT molecular complexity index is 657. The van der Waals surface area contributed by atoms with E-state index in [0.29, 0.717) is 25.1 Å². The van der Waals surface area contributed by atoms with Crippen LogP contribution in [-0.4, -0.2) is 54.3 Å². The van der Waals surface area contributed by atoms with E-state index in [-0.39, 0.29) is 23.0 Å². The summed E-state index contributed by atoms with van der Waals surface area (Å²) in [5.74, 6) is -1.86. The van der Waals surface area contributed by atoms with Gasteiger partial charge in [-0.05, 0) is 18.4 Å². The Labute approximate surface area is 154 Å². The summed E-state index contributed by atoms with van der Waals surface area (Å²) >= 11 is 0. The van der Waals surface area contributed by atoms with Gasteiger partial charge in [0, 0.05) is 12.3 Å². The van der Waals surface area contributed by atoms with Gasteiger partial charge in [-0.15, -0.1) is 0 Å². The molecule has 1 heterocycles. The lowest BCUT2D eigenvalue weighted by Gasteiger charge is -2.33. The van der Waals surface area contributed by atoms with E-state index in [1.165, 1.54) is 0 Å². The molecule has 26 heavy (non-hydrogen) atoms. The van der Waals surface area contributed by atoms with Crippen LogP contribution in [0.5, 0.6) is 0 Å². The van der Waals surface area contributed by atoms with Gasteiger partial charge in [0.2, 0.25) is 0 Å².